The Morgan fingerprint density at radius 3 is 2.62 bits per heavy atom. The standard InChI is InChI=1S/C11H15BrN2O2/c1-7-9(16-8(2)13-7)10(15)14-11(6-12)4-3-5-11/h3-6H2,1-2H3,(H,14,15). The normalized spacial score (nSPS) is 17.9. The van der Waals surface area contributed by atoms with Gasteiger partial charge in [0.15, 0.2) is 5.89 Å². The maximum Gasteiger partial charge on any atom is 0.289 e. The SMILES string of the molecule is Cc1nc(C)c(C(=O)NC2(CBr)CCC2)o1. The lowest BCUT2D eigenvalue weighted by molar-refractivity contribution is 0.0825. The molecule has 4 nitrogen and oxygen atoms in total. The Bertz CT molecular complexity index is 405. The fraction of sp³-hybridized carbons (Fsp3) is 0.636. The number of hydrogen-bond acceptors (Lipinski definition) is 3. The van der Waals surface area contributed by atoms with Gasteiger partial charge < -0.3 is 9.73 Å². The van der Waals surface area contributed by atoms with Crippen molar-refractivity contribution in [3.05, 3.63) is 17.3 Å². The number of carbonyl (C=O) groups is 1. The monoisotopic (exact) mass is 286 g/mol. The highest BCUT2D eigenvalue weighted by molar-refractivity contribution is 9.09. The number of halogens is 1. The molecule has 2 rings (SSSR count). The van der Waals surface area contributed by atoms with Crippen LogP contribution in [0.15, 0.2) is 4.42 Å². The van der Waals surface area contributed by atoms with Crippen molar-refractivity contribution >= 4 is 21.8 Å². The van der Waals surface area contributed by atoms with Crippen LogP contribution in [0, 0.1) is 13.8 Å². The van der Waals surface area contributed by atoms with Gasteiger partial charge in [-0.3, -0.25) is 4.79 Å². The summed E-state index contributed by atoms with van der Waals surface area (Å²) in [5, 5.41) is 3.82. The zero-order valence-electron chi connectivity index (χ0n) is 9.47. The minimum Gasteiger partial charge on any atom is -0.436 e. The molecule has 0 unspecified atom stereocenters. The van der Waals surface area contributed by atoms with Gasteiger partial charge in [0.25, 0.3) is 5.91 Å². The number of nitrogens with zero attached hydrogens (tertiary/aromatic N) is 1. The molecule has 1 aliphatic rings. The third-order valence-electron chi connectivity index (χ3n) is 3.05. The number of amides is 1. The Hall–Kier alpha value is -0.840. The second-order valence-electron chi connectivity index (χ2n) is 4.37. The van der Waals surface area contributed by atoms with E-state index in [2.05, 4.69) is 26.2 Å². The van der Waals surface area contributed by atoms with Crippen molar-refractivity contribution in [2.45, 2.75) is 38.6 Å². The van der Waals surface area contributed by atoms with E-state index in [0.29, 0.717) is 17.3 Å². The molecule has 1 fully saturated rings. The van der Waals surface area contributed by atoms with Gasteiger partial charge in [-0.25, -0.2) is 4.98 Å². The van der Waals surface area contributed by atoms with E-state index in [4.69, 9.17) is 4.42 Å². The molecule has 88 valence electrons. The van der Waals surface area contributed by atoms with Gasteiger partial charge in [0.1, 0.15) is 0 Å². The summed E-state index contributed by atoms with van der Waals surface area (Å²) in [7, 11) is 0. The zero-order chi connectivity index (χ0) is 11.8. The van der Waals surface area contributed by atoms with Crippen LogP contribution in [0.2, 0.25) is 0 Å². The first-order valence-corrected chi connectivity index (χ1v) is 6.51. The zero-order valence-corrected chi connectivity index (χ0v) is 11.1. The summed E-state index contributed by atoms with van der Waals surface area (Å²) < 4.78 is 5.30. The molecule has 0 aromatic carbocycles. The number of aromatic nitrogens is 1. The van der Waals surface area contributed by atoms with Crippen LogP contribution in [0.5, 0.6) is 0 Å². The molecule has 5 heteroatoms. The van der Waals surface area contributed by atoms with Crippen molar-refractivity contribution in [3.8, 4) is 0 Å². The van der Waals surface area contributed by atoms with Crippen LogP contribution in [-0.4, -0.2) is 21.8 Å². The van der Waals surface area contributed by atoms with Gasteiger partial charge in [0.2, 0.25) is 5.76 Å². The molecule has 1 aromatic heterocycles. The maximum atomic E-state index is 12.0. The second-order valence-corrected chi connectivity index (χ2v) is 4.93. The molecular formula is C11H15BrN2O2. The number of oxazole rings is 1. The van der Waals surface area contributed by atoms with Crippen LogP contribution in [0.25, 0.3) is 0 Å². The number of hydrogen-bond donors (Lipinski definition) is 1. The molecular weight excluding hydrogens is 272 g/mol. The van der Waals surface area contributed by atoms with E-state index in [-0.39, 0.29) is 11.4 Å². The minimum absolute atomic E-state index is 0.0791. The Morgan fingerprint density at radius 1 is 1.56 bits per heavy atom. The fourth-order valence-corrected chi connectivity index (χ4v) is 2.64. The quantitative estimate of drug-likeness (QED) is 0.868. The third kappa shape index (κ3) is 2.00. The van der Waals surface area contributed by atoms with E-state index in [1.54, 1.807) is 13.8 Å². The van der Waals surface area contributed by atoms with Gasteiger partial charge in [0, 0.05) is 12.3 Å². The van der Waals surface area contributed by atoms with Gasteiger partial charge in [0.05, 0.1) is 11.2 Å². The lowest BCUT2D eigenvalue weighted by Gasteiger charge is -2.40. The number of aryl methyl sites for hydroxylation is 2. The van der Waals surface area contributed by atoms with Crippen molar-refractivity contribution < 1.29 is 9.21 Å². The average molecular weight is 287 g/mol. The summed E-state index contributed by atoms with van der Waals surface area (Å²) >= 11 is 3.45. The summed E-state index contributed by atoms with van der Waals surface area (Å²) in [6.07, 6.45) is 3.21. The van der Waals surface area contributed by atoms with Crippen LogP contribution >= 0.6 is 15.9 Å². The summed E-state index contributed by atoms with van der Waals surface area (Å²) in [5.74, 6) is 0.714. The first kappa shape index (κ1) is 11.6. The van der Waals surface area contributed by atoms with Gasteiger partial charge in [-0.15, -0.1) is 0 Å². The van der Waals surface area contributed by atoms with E-state index in [1.807, 2.05) is 0 Å². The molecule has 0 bridgehead atoms. The molecule has 1 amide bonds. The van der Waals surface area contributed by atoms with Crippen molar-refractivity contribution in [2.75, 3.05) is 5.33 Å². The summed E-state index contributed by atoms with van der Waals surface area (Å²) in [4.78, 5) is 16.1. The lowest BCUT2D eigenvalue weighted by Crippen LogP contribution is -2.54. The highest BCUT2D eigenvalue weighted by atomic mass is 79.9. The molecule has 0 aliphatic heterocycles. The van der Waals surface area contributed by atoms with E-state index < -0.39 is 0 Å². The van der Waals surface area contributed by atoms with Crippen LogP contribution < -0.4 is 5.32 Å². The molecule has 1 saturated carbocycles. The molecule has 0 saturated heterocycles. The largest absolute Gasteiger partial charge is 0.436 e. The Morgan fingerprint density at radius 2 is 2.25 bits per heavy atom. The number of nitrogens with one attached hydrogen (secondary N) is 1. The van der Waals surface area contributed by atoms with Crippen molar-refractivity contribution in [2.24, 2.45) is 0 Å². The van der Waals surface area contributed by atoms with E-state index in [0.717, 1.165) is 18.2 Å². The van der Waals surface area contributed by atoms with Crippen molar-refractivity contribution in [1.29, 1.82) is 0 Å². The van der Waals surface area contributed by atoms with E-state index in [1.165, 1.54) is 6.42 Å². The molecule has 0 atom stereocenters. The molecule has 0 spiro atoms. The first-order valence-electron chi connectivity index (χ1n) is 5.39. The second kappa shape index (κ2) is 4.20. The van der Waals surface area contributed by atoms with Crippen molar-refractivity contribution in [1.82, 2.24) is 10.3 Å². The Kier molecular flexibility index (Phi) is 3.06. The molecule has 16 heavy (non-hydrogen) atoms. The number of rotatable bonds is 3. The highest BCUT2D eigenvalue weighted by Crippen LogP contribution is 2.33. The summed E-state index contributed by atoms with van der Waals surface area (Å²) in [6.45, 7) is 3.53. The number of alkyl halides is 1. The summed E-state index contributed by atoms with van der Waals surface area (Å²) in [5.41, 5.74) is 0.573. The van der Waals surface area contributed by atoms with Crippen LogP contribution in [0.1, 0.15) is 41.4 Å². The molecule has 1 N–H and O–H groups in total. The number of carbonyl (C=O) groups excluding carboxylic acids is 1. The molecule has 0 radical (unpaired) electrons. The smallest absolute Gasteiger partial charge is 0.289 e. The lowest BCUT2D eigenvalue weighted by atomic mass is 9.78. The van der Waals surface area contributed by atoms with Gasteiger partial charge in [-0.05, 0) is 26.2 Å². The van der Waals surface area contributed by atoms with Gasteiger partial charge >= 0.3 is 0 Å². The molecule has 1 heterocycles. The summed E-state index contributed by atoms with van der Waals surface area (Å²) in [6, 6.07) is 0. The predicted octanol–water partition coefficient (Wildman–Crippen LogP) is 2.34. The third-order valence-corrected chi connectivity index (χ3v) is 4.13. The van der Waals surface area contributed by atoms with Crippen LogP contribution in [-0.2, 0) is 0 Å². The van der Waals surface area contributed by atoms with Crippen LogP contribution in [0.4, 0.5) is 0 Å². The van der Waals surface area contributed by atoms with Gasteiger partial charge in [-0.1, -0.05) is 15.9 Å². The van der Waals surface area contributed by atoms with E-state index in [9.17, 15) is 4.79 Å². The van der Waals surface area contributed by atoms with E-state index >= 15 is 0 Å². The first-order chi connectivity index (χ1) is 7.56. The van der Waals surface area contributed by atoms with Crippen molar-refractivity contribution in [3.63, 3.8) is 0 Å². The highest BCUT2D eigenvalue weighted by Gasteiger charge is 2.38. The van der Waals surface area contributed by atoms with Crippen LogP contribution in [0.3, 0.4) is 0 Å². The Balaban J connectivity index is 2.11. The molecule has 1 aliphatic carbocycles. The molecule has 1 aromatic rings. The average Bonchev–Trinajstić information content (AvgIpc) is 2.51. The topological polar surface area (TPSA) is 55.1 Å². The maximum absolute atomic E-state index is 12.0. The Labute approximate surface area is 103 Å². The fourth-order valence-electron chi connectivity index (χ4n) is 1.94. The predicted molar refractivity (Wildman–Crippen MR) is 63.8 cm³/mol. The minimum atomic E-state index is -0.155. The van der Waals surface area contributed by atoms with Gasteiger partial charge in [-0.2, -0.15) is 0 Å².